The van der Waals surface area contributed by atoms with E-state index in [0.717, 1.165) is 11.7 Å². The van der Waals surface area contributed by atoms with Gasteiger partial charge in [0.05, 0.1) is 33.3 Å². The highest BCUT2D eigenvalue weighted by Gasteiger charge is 2.19. The number of hydrogen-bond acceptors (Lipinski definition) is 5. The van der Waals surface area contributed by atoms with Gasteiger partial charge in [0.1, 0.15) is 11.0 Å². The molecule has 1 amide bonds. The number of nitrogens with one attached hydrogen (secondary N) is 1. The SMILES string of the molecule is CC(C(=O)Nc1c(Cl)ccc2nsnc12)C(N)=S. The third-order valence-electron chi connectivity index (χ3n) is 2.45. The maximum atomic E-state index is 11.9. The molecular formula is C10H9ClN4OS2. The van der Waals surface area contributed by atoms with Gasteiger partial charge in [0.25, 0.3) is 0 Å². The van der Waals surface area contributed by atoms with Crippen LogP contribution >= 0.6 is 35.5 Å². The second-order valence-electron chi connectivity index (χ2n) is 3.67. The summed E-state index contributed by atoms with van der Waals surface area (Å²) >= 11 is 11.9. The van der Waals surface area contributed by atoms with Gasteiger partial charge < -0.3 is 11.1 Å². The van der Waals surface area contributed by atoms with Crippen LogP contribution in [-0.2, 0) is 4.79 Å². The number of amides is 1. The fourth-order valence-electron chi connectivity index (χ4n) is 1.31. The van der Waals surface area contributed by atoms with E-state index in [0.29, 0.717) is 21.7 Å². The van der Waals surface area contributed by atoms with E-state index in [-0.39, 0.29) is 10.9 Å². The molecule has 0 bridgehead atoms. The van der Waals surface area contributed by atoms with Gasteiger partial charge in [-0.3, -0.25) is 4.79 Å². The lowest BCUT2D eigenvalue weighted by Gasteiger charge is -2.11. The highest BCUT2D eigenvalue weighted by Crippen LogP contribution is 2.30. The molecule has 0 saturated carbocycles. The number of benzene rings is 1. The number of halogens is 1. The molecule has 1 unspecified atom stereocenters. The summed E-state index contributed by atoms with van der Waals surface area (Å²) in [6.07, 6.45) is 0. The quantitative estimate of drug-likeness (QED) is 0.849. The lowest BCUT2D eigenvalue weighted by Crippen LogP contribution is -2.31. The molecule has 0 aliphatic carbocycles. The van der Waals surface area contributed by atoms with Crippen molar-refractivity contribution in [1.82, 2.24) is 8.75 Å². The van der Waals surface area contributed by atoms with E-state index in [4.69, 9.17) is 29.6 Å². The monoisotopic (exact) mass is 300 g/mol. The summed E-state index contributed by atoms with van der Waals surface area (Å²) in [5.41, 5.74) is 7.12. The molecule has 5 nitrogen and oxygen atoms in total. The van der Waals surface area contributed by atoms with Crippen molar-refractivity contribution in [3.05, 3.63) is 17.2 Å². The summed E-state index contributed by atoms with van der Waals surface area (Å²) in [7, 11) is 0. The highest BCUT2D eigenvalue weighted by atomic mass is 35.5. The van der Waals surface area contributed by atoms with Crippen LogP contribution in [0.4, 0.5) is 5.69 Å². The smallest absolute Gasteiger partial charge is 0.234 e. The Balaban J connectivity index is 2.37. The number of anilines is 1. The molecule has 0 spiro atoms. The highest BCUT2D eigenvalue weighted by molar-refractivity contribution is 7.80. The first kappa shape index (κ1) is 13.1. The standard InChI is InChI=1S/C10H9ClN4OS2/c1-4(9(12)17)10(16)13-7-5(11)2-3-6-8(7)15-18-14-6/h2-4H,1H3,(H2,12,17)(H,13,16). The molecule has 18 heavy (non-hydrogen) atoms. The van der Waals surface area contributed by atoms with Crippen LogP contribution in [0.3, 0.4) is 0 Å². The molecule has 0 fully saturated rings. The molecule has 94 valence electrons. The van der Waals surface area contributed by atoms with Crippen LogP contribution < -0.4 is 11.1 Å². The lowest BCUT2D eigenvalue weighted by atomic mass is 10.1. The van der Waals surface area contributed by atoms with Crippen LogP contribution in [0.1, 0.15) is 6.92 Å². The minimum Gasteiger partial charge on any atom is -0.393 e. The number of carbonyl (C=O) groups is 1. The largest absolute Gasteiger partial charge is 0.393 e. The summed E-state index contributed by atoms with van der Waals surface area (Å²) in [6, 6.07) is 3.40. The molecule has 1 aromatic heterocycles. The molecule has 1 atom stereocenters. The minimum atomic E-state index is -0.571. The normalized spacial score (nSPS) is 12.3. The predicted octanol–water partition coefficient (Wildman–Crippen LogP) is 2.21. The number of nitrogens with zero attached hydrogens (tertiary/aromatic N) is 2. The third kappa shape index (κ3) is 2.43. The maximum absolute atomic E-state index is 11.9. The zero-order valence-electron chi connectivity index (χ0n) is 9.31. The van der Waals surface area contributed by atoms with Gasteiger partial charge in [-0.2, -0.15) is 8.75 Å². The number of thiocarbonyl (C=S) groups is 1. The van der Waals surface area contributed by atoms with Crippen LogP contribution in [0.5, 0.6) is 0 Å². The fraction of sp³-hybridized carbons (Fsp3) is 0.200. The molecule has 0 aliphatic rings. The average molecular weight is 301 g/mol. The lowest BCUT2D eigenvalue weighted by molar-refractivity contribution is -0.117. The van der Waals surface area contributed by atoms with E-state index in [2.05, 4.69) is 14.1 Å². The van der Waals surface area contributed by atoms with Crippen molar-refractivity contribution >= 4 is 63.2 Å². The summed E-state index contributed by atoms with van der Waals surface area (Å²) in [4.78, 5) is 12.0. The number of aromatic nitrogens is 2. The van der Waals surface area contributed by atoms with Gasteiger partial charge in [-0.1, -0.05) is 23.8 Å². The second kappa shape index (κ2) is 5.13. The number of hydrogen-bond donors (Lipinski definition) is 2. The van der Waals surface area contributed by atoms with E-state index in [9.17, 15) is 4.79 Å². The number of carbonyl (C=O) groups excluding carboxylic acids is 1. The van der Waals surface area contributed by atoms with Gasteiger partial charge in [-0.15, -0.1) is 0 Å². The maximum Gasteiger partial charge on any atom is 0.234 e. The molecule has 1 heterocycles. The van der Waals surface area contributed by atoms with Gasteiger partial charge in [-0.05, 0) is 19.1 Å². The van der Waals surface area contributed by atoms with Gasteiger partial charge in [-0.25, -0.2) is 0 Å². The zero-order chi connectivity index (χ0) is 13.3. The third-order valence-corrected chi connectivity index (χ3v) is 3.66. The Morgan fingerprint density at radius 2 is 2.28 bits per heavy atom. The Morgan fingerprint density at radius 1 is 1.56 bits per heavy atom. The topological polar surface area (TPSA) is 80.9 Å². The van der Waals surface area contributed by atoms with E-state index in [1.165, 1.54) is 0 Å². The molecule has 3 N–H and O–H groups in total. The van der Waals surface area contributed by atoms with E-state index < -0.39 is 5.92 Å². The first-order valence-electron chi connectivity index (χ1n) is 5.01. The number of rotatable bonds is 3. The van der Waals surface area contributed by atoms with Crippen molar-refractivity contribution in [2.24, 2.45) is 11.7 Å². The van der Waals surface area contributed by atoms with Crippen molar-refractivity contribution in [2.45, 2.75) is 6.92 Å². The van der Waals surface area contributed by atoms with E-state index >= 15 is 0 Å². The van der Waals surface area contributed by atoms with Crippen molar-refractivity contribution in [3.8, 4) is 0 Å². The summed E-state index contributed by atoms with van der Waals surface area (Å²) in [5, 5.41) is 3.09. The Labute approximate surface area is 118 Å². The Bertz CT molecular complexity index is 627. The van der Waals surface area contributed by atoms with Crippen molar-refractivity contribution < 1.29 is 4.79 Å². The van der Waals surface area contributed by atoms with Gasteiger partial charge in [0.15, 0.2) is 0 Å². The van der Waals surface area contributed by atoms with Crippen molar-refractivity contribution in [2.75, 3.05) is 5.32 Å². The summed E-state index contributed by atoms with van der Waals surface area (Å²) in [5.74, 6) is -0.886. The molecule has 8 heteroatoms. The molecular weight excluding hydrogens is 292 g/mol. The first-order chi connectivity index (χ1) is 8.50. The number of nitrogens with two attached hydrogens (primary N) is 1. The molecule has 0 saturated heterocycles. The Hall–Kier alpha value is -1.31. The molecule has 0 radical (unpaired) electrons. The minimum absolute atomic E-state index is 0.132. The van der Waals surface area contributed by atoms with Crippen LogP contribution in [0.15, 0.2) is 12.1 Å². The number of fused-ring (bicyclic) bond motifs is 1. The summed E-state index contributed by atoms with van der Waals surface area (Å²) in [6.45, 7) is 1.63. The van der Waals surface area contributed by atoms with E-state index in [1.807, 2.05) is 0 Å². The van der Waals surface area contributed by atoms with Crippen LogP contribution in [-0.4, -0.2) is 19.6 Å². The van der Waals surface area contributed by atoms with Gasteiger partial charge in [0, 0.05) is 0 Å². The average Bonchev–Trinajstić information content (AvgIpc) is 2.79. The Morgan fingerprint density at radius 3 is 2.94 bits per heavy atom. The predicted molar refractivity (Wildman–Crippen MR) is 77.0 cm³/mol. The zero-order valence-corrected chi connectivity index (χ0v) is 11.7. The second-order valence-corrected chi connectivity index (χ2v) is 5.07. The van der Waals surface area contributed by atoms with Gasteiger partial charge >= 0.3 is 0 Å². The van der Waals surface area contributed by atoms with Crippen molar-refractivity contribution in [1.29, 1.82) is 0 Å². The Kier molecular flexibility index (Phi) is 3.74. The van der Waals surface area contributed by atoms with Crippen LogP contribution in [0.2, 0.25) is 5.02 Å². The fourth-order valence-corrected chi connectivity index (χ4v) is 2.16. The molecule has 0 aliphatic heterocycles. The molecule has 1 aromatic carbocycles. The van der Waals surface area contributed by atoms with Crippen LogP contribution in [0.25, 0.3) is 11.0 Å². The molecule has 2 rings (SSSR count). The molecule has 2 aromatic rings. The van der Waals surface area contributed by atoms with Crippen LogP contribution in [0, 0.1) is 5.92 Å². The van der Waals surface area contributed by atoms with Crippen molar-refractivity contribution in [3.63, 3.8) is 0 Å². The van der Waals surface area contributed by atoms with E-state index in [1.54, 1.807) is 19.1 Å². The summed E-state index contributed by atoms with van der Waals surface area (Å²) < 4.78 is 8.18. The first-order valence-corrected chi connectivity index (χ1v) is 6.53. The van der Waals surface area contributed by atoms with Gasteiger partial charge in [0.2, 0.25) is 5.91 Å².